The number of anilines is 1. The number of hydrogen-bond acceptors (Lipinski definition) is 4. The molecule has 0 radical (unpaired) electrons. The number of nitrogens with two attached hydrogens (primary N) is 1. The molecule has 1 heterocycles. The van der Waals surface area contributed by atoms with Gasteiger partial charge in [-0.3, -0.25) is 0 Å². The third kappa shape index (κ3) is 1.93. The molecule has 21 heavy (non-hydrogen) atoms. The molecule has 0 aliphatic heterocycles. The maximum atomic E-state index is 6.09. The Bertz CT molecular complexity index is 653. The minimum absolute atomic E-state index is 0.471. The van der Waals surface area contributed by atoms with Crippen molar-refractivity contribution in [2.45, 2.75) is 31.6 Å². The van der Waals surface area contributed by atoms with Crippen LogP contribution in [-0.2, 0) is 0 Å². The van der Waals surface area contributed by atoms with Crippen molar-refractivity contribution in [1.29, 1.82) is 0 Å². The lowest BCUT2D eigenvalue weighted by Crippen LogP contribution is -1.94. The van der Waals surface area contributed by atoms with Crippen molar-refractivity contribution in [2.75, 3.05) is 12.8 Å². The normalized spacial score (nSPS) is 27.2. The van der Waals surface area contributed by atoms with E-state index in [1.807, 2.05) is 24.3 Å². The molecule has 2 saturated carbocycles. The summed E-state index contributed by atoms with van der Waals surface area (Å²) in [6, 6.07) is 7.93. The van der Waals surface area contributed by atoms with Gasteiger partial charge in [-0.2, -0.15) is 0 Å². The average molecular weight is 284 g/mol. The smallest absolute Gasteiger partial charge is 0.175 e. The lowest BCUT2D eigenvalue weighted by molar-refractivity contribution is 0.381. The van der Waals surface area contributed by atoms with E-state index in [1.165, 1.54) is 25.7 Å². The first-order valence-electron chi connectivity index (χ1n) is 7.69. The molecule has 2 atom stereocenters. The van der Waals surface area contributed by atoms with Gasteiger partial charge < -0.3 is 15.0 Å². The van der Waals surface area contributed by atoms with Crippen LogP contribution in [0.5, 0.6) is 5.75 Å². The van der Waals surface area contributed by atoms with Crippen molar-refractivity contribution in [3.05, 3.63) is 30.0 Å². The zero-order chi connectivity index (χ0) is 14.4. The molecule has 2 aliphatic carbocycles. The molecular weight excluding hydrogens is 264 g/mol. The third-order valence-corrected chi connectivity index (χ3v) is 5.08. The largest absolute Gasteiger partial charge is 0.496 e. The Morgan fingerprint density at radius 1 is 1.19 bits per heavy atom. The lowest BCUT2D eigenvalue weighted by Gasteiger charge is -2.08. The van der Waals surface area contributed by atoms with Crippen LogP contribution in [0.2, 0.25) is 0 Å². The minimum Gasteiger partial charge on any atom is -0.496 e. The first-order valence-corrected chi connectivity index (χ1v) is 7.69. The molecule has 2 unspecified atom stereocenters. The highest BCUT2D eigenvalue weighted by Crippen LogP contribution is 2.63. The molecule has 4 nitrogen and oxygen atoms in total. The predicted octanol–water partition coefficient (Wildman–Crippen LogP) is 3.84. The van der Waals surface area contributed by atoms with Gasteiger partial charge in [0.25, 0.3) is 0 Å². The van der Waals surface area contributed by atoms with Gasteiger partial charge in [0, 0.05) is 11.5 Å². The second-order valence-electron chi connectivity index (χ2n) is 6.15. The van der Waals surface area contributed by atoms with Gasteiger partial charge in [0.2, 0.25) is 0 Å². The van der Waals surface area contributed by atoms with Crippen LogP contribution in [0, 0.1) is 11.8 Å². The van der Waals surface area contributed by atoms with E-state index in [9.17, 15) is 0 Å². The van der Waals surface area contributed by atoms with E-state index < -0.39 is 0 Å². The van der Waals surface area contributed by atoms with Crippen LogP contribution < -0.4 is 10.5 Å². The molecule has 0 spiro atoms. The zero-order valence-electron chi connectivity index (χ0n) is 12.2. The summed E-state index contributed by atoms with van der Waals surface area (Å²) in [5.74, 6) is 4.28. The Hall–Kier alpha value is -1.97. The van der Waals surface area contributed by atoms with Gasteiger partial charge in [0.05, 0.1) is 12.7 Å². The number of nitrogens with zero attached hydrogens (tertiary/aromatic N) is 1. The van der Waals surface area contributed by atoms with Crippen LogP contribution in [0.4, 0.5) is 5.82 Å². The lowest BCUT2D eigenvalue weighted by atomic mass is 10.0. The molecule has 0 amide bonds. The van der Waals surface area contributed by atoms with Gasteiger partial charge in [-0.1, -0.05) is 36.2 Å². The number of fused-ring (bicyclic) bond motifs is 1. The molecule has 2 aromatic rings. The second kappa shape index (κ2) is 4.79. The summed E-state index contributed by atoms with van der Waals surface area (Å²) >= 11 is 0. The van der Waals surface area contributed by atoms with Crippen LogP contribution in [0.25, 0.3) is 11.1 Å². The molecule has 1 aromatic carbocycles. The highest BCUT2D eigenvalue weighted by Gasteiger charge is 2.54. The van der Waals surface area contributed by atoms with Crippen LogP contribution in [0.15, 0.2) is 28.8 Å². The quantitative estimate of drug-likeness (QED) is 0.930. The molecule has 4 heteroatoms. The van der Waals surface area contributed by atoms with E-state index in [0.717, 1.165) is 34.5 Å². The summed E-state index contributed by atoms with van der Waals surface area (Å²) in [7, 11) is 1.68. The molecule has 0 saturated heterocycles. The van der Waals surface area contributed by atoms with Crippen LogP contribution in [0.3, 0.4) is 0 Å². The minimum atomic E-state index is 0.471. The molecule has 1 aromatic heterocycles. The number of methoxy groups -OCH3 is 1. The number of ether oxygens (including phenoxy) is 1. The monoisotopic (exact) mass is 284 g/mol. The Balaban J connectivity index is 1.78. The maximum Gasteiger partial charge on any atom is 0.175 e. The van der Waals surface area contributed by atoms with E-state index in [1.54, 1.807) is 7.11 Å². The number of para-hydroxylation sites is 1. The predicted molar refractivity (Wildman–Crippen MR) is 81.1 cm³/mol. The van der Waals surface area contributed by atoms with E-state index in [-0.39, 0.29) is 0 Å². The first kappa shape index (κ1) is 12.7. The van der Waals surface area contributed by atoms with Gasteiger partial charge in [-0.15, -0.1) is 0 Å². The Kier molecular flexibility index (Phi) is 2.91. The number of hydrogen-bond donors (Lipinski definition) is 1. The summed E-state index contributed by atoms with van der Waals surface area (Å²) in [6.07, 6.45) is 5.29. The third-order valence-electron chi connectivity index (χ3n) is 5.08. The van der Waals surface area contributed by atoms with Crippen molar-refractivity contribution < 1.29 is 9.26 Å². The van der Waals surface area contributed by atoms with E-state index in [4.69, 9.17) is 15.0 Å². The summed E-state index contributed by atoms with van der Waals surface area (Å²) in [5.41, 5.74) is 8.01. The summed E-state index contributed by atoms with van der Waals surface area (Å²) in [5, 5.41) is 4.03. The molecule has 2 N–H and O–H groups in total. The zero-order valence-corrected chi connectivity index (χ0v) is 12.2. The summed E-state index contributed by atoms with van der Waals surface area (Å²) < 4.78 is 11.1. The fraction of sp³-hybridized carbons (Fsp3) is 0.471. The van der Waals surface area contributed by atoms with Gasteiger partial charge >= 0.3 is 0 Å². The van der Waals surface area contributed by atoms with Crippen LogP contribution in [0.1, 0.15) is 37.4 Å². The number of benzene rings is 1. The van der Waals surface area contributed by atoms with Gasteiger partial charge in [0.15, 0.2) is 11.6 Å². The van der Waals surface area contributed by atoms with Crippen molar-refractivity contribution in [3.63, 3.8) is 0 Å². The molecule has 4 rings (SSSR count). The standard InChI is InChI=1S/C17H20N2O2/c1-20-13-9-5-4-8-12(13)15-16(21-19-17(15)18)14-10-6-2-3-7-11(10)14/h4-5,8-11,14H,2-3,6-7H2,1H3,(H2,18,19). The molecule has 110 valence electrons. The Morgan fingerprint density at radius 2 is 1.90 bits per heavy atom. The van der Waals surface area contributed by atoms with Crippen LogP contribution >= 0.6 is 0 Å². The average Bonchev–Trinajstić information content (AvgIpc) is 3.14. The van der Waals surface area contributed by atoms with Gasteiger partial charge in [0.1, 0.15) is 5.75 Å². The second-order valence-corrected chi connectivity index (χ2v) is 6.15. The highest BCUT2D eigenvalue weighted by molar-refractivity contribution is 5.80. The first-order chi connectivity index (χ1) is 10.3. The van der Waals surface area contributed by atoms with Gasteiger partial charge in [-0.05, 0) is 30.7 Å². The summed E-state index contributed by atoms with van der Waals surface area (Å²) in [4.78, 5) is 0. The molecule has 2 fully saturated rings. The maximum absolute atomic E-state index is 6.09. The highest BCUT2D eigenvalue weighted by atomic mass is 16.5. The van der Waals surface area contributed by atoms with E-state index in [0.29, 0.717) is 11.7 Å². The van der Waals surface area contributed by atoms with Crippen molar-refractivity contribution in [3.8, 4) is 16.9 Å². The summed E-state index contributed by atoms with van der Waals surface area (Å²) in [6.45, 7) is 0. The van der Waals surface area contributed by atoms with Crippen molar-refractivity contribution in [2.24, 2.45) is 11.8 Å². The number of nitrogen functional groups attached to an aromatic ring is 1. The molecular formula is C17H20N2O2. The van der Waals surface area contributed by atoms with Crippen molar-refractivity contribution >= 4 is 5.82 Å². The van der Waals surface area contributed by atoms with E-state index in [2.05, 4.69) is 5.16 Å². The molecule has 2 aliphatic rings. The van der Waals surface area contributed by atoms with Crippen molar-refractivity contribution in [1.82, 2.24) is 5.16 Å². The van der Waals surface area contributed by atoms with E-state index >= 15 is 0 Å². The number of rotatable bonds is 3. The fourth-order valence-corrected chi connectivity index (χ4v) is 4.05. The topological polar surface area (TPSA) is 61.3 Å². The Labute approximate surface area is 124 Å². The Morgan fingerprint density at radius 3 is 2.62 bits per heavy atom. The molecule has 0 bridgehead atoms. The fourth-order valence-electron chi connectivity index (χ4n) is 4.05. The van der Waals surface area contributed by atoms with Crippen LogP contribution in [-0.4, -0.2) is 12.3 Å². The SMILES string of the molecule is COc1ccccc1-c1c(N)noc1C1C2CCCCC21. The number of aromatic nitrogens is 1. The van der Waals surface area contributed by atoms with Gasteiger partial charge in [-0.25, -0.2) is 0 Å².